The molecule has 2 unspecified atom stereocenters. The van der Waals surface area contributed by atoms with Crippen LogP contribution in [0.2, 0.25) is 0 Å². The molecule has 2 bridgehead atoms. The van der Waals surface area contributed by atoms with Crippen molar-refractivity contribution in [3.8, 4) is 0 Å². The van der Waals surface area contributed by atoms with Crippen LogP contribution < -0.4 is 5.73 Å². The van der Waals surface area contributed by atoms with Crippen LogP contribution in [0.15, 0.2) is 16.3 Å². The molecule has 0 radical (unpaired) electrons. The molecule has 2 N–H and O–H groups in total. The van der Waals surface area contributed by atoms with Crippen LogP contribution in [0.4, 0.5) is 0 Å². The maximum absolute atomic E-state index is 6.08. The van der Waals surface area contributed by atoms with E-state index in [-0.39, 0.29) is 0 Å². The molecule has 114 valence electrons. The van der Waals surface area contributed by atoms with E-state index in [2.05, 4.69) is 36.7 Å². The molecule has 2 aliphatic rings. The van der Waals surface area contributed by atoms with Gasteiger partial charge in [-0.2, -0.15) is 0 Å². The second kappa shape index (κ2) is 7.23. The van der Waals surface area contributed by atoms with Crippen molar-refractivity contribution in [2.75, 3.05) is 0 Å². The van der Waals surface area contributed by atoms with Crippen molar-refractivity contribution in [1.82, 2.24) is 4.31 Å². The zero-order valence-corrected chi connectivity index (χ0v) is 14.5. The normalized spacial score (nSPS) is 27.4. The summed E-state index contributed by atoms with van der Waals surface area (Å²) in [6, 6.07) is 1.29. The van der Waals surface area contributed by atoms with Crippen LogP contribution in [-0.2, 0) is 0 Å². The zero-order valence-electron chi connectivity index (χ0n) is 12.8. The molecule has 2 rings (SSSR count). The molecule has 0 aromatic heterocycles. The highest BCUT2D eigenvalue weighted by Gasteiger charge is 2.39. The minimum Gasteiger partial charge on any atom is -0.387 e. The first-order valence-corrected chi connectivity index (χ1v) is 9.54. The fourth-order valence-corrected chi connectivity index (χ4v) is 4.60. The van der Waals surface area contributed by atoms with Crippen LogP contribution in [0.3, 0.4) is 0 Å². The SMILES string of the molecule is CCCC(N=C(N)C(C)C)=C1CC2CCC(C1)N2SS. The number of hydrogen-bond acceptors (Lipinski definition) is 4. The summed E-state index contributed by atoms with van der Waals surface area (Å²) in [6.07, 6.45) is 7.07. The number of piperidine rings is 1. The lowest BCUT2D eigenvalue weighted by molar-refractivity contribution is 0.315. The second-order valence-electron chi connectivity index (χ2n) is 6.23. The maximum Gasteiger partial charge on any atom is 0.102 e. The Morgan fingerprint density at radius 1 is 1.40 bits per heavy atom. The predicted molar refractivity (Wildman–Crippen MR) is 92.9 cm³/mol. The molecular formula is C15H27N3S2. The molecule has 2 atom stereocenters. The van der Waals surface area contributed by atoms with Gasteiger partial charge in [-0.1, -0.05) is 38.9 Å². The lowest BCUT2D eigenvalue weighted by Crippen LogP contribution is -2.34. The number of nitrogens with zero attached hydrogens (tertiary/aromatic N) is 2. The van der Waals surface area contributed by atoms with Crippen LogP contribution in [0.5, 0.6) is 0 Å². The summed E-state index contributed by atoms with van der Waals surface area (Å²) in [7, 11) is 1.62. The highest BCUT2D eigenvalue weighted by atomic mass is 33.1. The third kappa shape index (κ3) is 3.55. The Hall–Kier alpha value is -0.130. The van der Waals surface area contributed by atoms with E-state index in [4.69, 9.17) is 10.7 Å². The van der Waals surface area contributed by atoms with Gasteiger partial charge in [0.2, 0.25) is 0 Å². The van der Waals surface area contributed by atoms with Gasteiger partial charge in [-0.3, -0.25) is 0 Å². The summed E-state index contributed by atoms with van der Waals surface area (Å²) in [5.41, 5.74) is 8.89. The highest BCUT2D eigenvalue weighted by Crippen LogP contribution is 2.44. The van der Waals surface area contributed by atoms with Gasteiger partial charge in [-0.25, -0.2) is 9.30 Å². The van der Waals surface area contributed by atoms with Gasteiger partial charge < -0.3 is 5.73 Å². The number of nitrogens with two attached hydrogens (primary N) is 1. The highest BCUT2D eigenvalue weighted by molar-refractivity contribution is 8.67. The van der Waals surface area contributed by atoms with E-state index in [1.807, 2.05) is 0 Å². The Balaban J connectivity index is 2.22. The average molecular weight is 314 g/mol. The number of aliphatic imine (C=N–C) groups is 1. The van der Waals surface area contributed by atoms with Gasteiger partial charge in [0, 0.05) is 23.7 Å². The first-order valence-electron chi connectivity index (χ1n) is 7.71. The van der Waals surface area contributed by atoms with Gasteiger partial charge in [0.25, 0.3) is 0 Å². The van der Waals surface area contributed by atoms with E-state index in [0.29, 0.717) is 18.0 Å². The molecule has 2 aliphatic heterocycles. The van der Waals surface area contributed by atoms with Crippen molar-refractivity contribution in [2.45, 2.75) is 71.4 Å². The van der Waals surface area contributed by atoms with Gasteiger partial charge >= 0.3 is 0 Å². The Morgan fingerprint density at radius 2 is 2.00 bits per heavy atom. The molecule has 0 aromatic rings. The quantitative estimate of drug-likeness (QED) is 0.263. The van der Waals surface area contributed by atoms with E-state index < -0.39 is 0 Å². The third-order valence-corrected chi connectivity index (χ3v) is 5.71. The molecule has 5 heteroatoms. The molecule has 0 aromatic carbocycles. The third-order valence-electron chi connectivity index (χ3n) is 4.36. The minimum absolute atomic E-state index is 0.326. The number of rotatable bonds is 5. The molecule has 0 saturated carbocycles. The van der Waals surface area contributed by atoms with Gasteiger partial charge in [0.05, 0.1) is 0 Å². The van der Waals surface area contributed by atoms with E-state index >= 15 is 0 Å². The molecule has 3 nitrogen and oxygen atoms in total. The van der Waals surface area contributed by atoms with Crippen molar-refractivity contribution >= 4 is 28.5 Å². The smallest absolute Gasteiger partial charge is 0.102 e. The summed E-state index contributed by atoms with van der Waals surface area (Å²) < 4.78 is 2.48. The van der Waals surface area contributed by atoms with Crippen molar-refractivity contribution in [1.29, 1.82) is 0 Å². The Bertz CT molecular complexity index is 388. The fraction of sp³-hybridized carbons (Fsp3) is 0.800. The van der Waals surface area contributed by atoms with E-state index in [1.165, 1.54) is 18.5 Å². The summed E-state index contributed by atoms with van der Waals surface area (Å²) in [4.78, 5) is 4.77. The molecule has 20 heavy (non-hydrogen) atoms. The summed E-state index contributed by atoms with van der Waals surface area (Å²) >= 11 is 4.41. The largest absolute Gasteiger partial charge is 0.387 e. The standard InChI is InChI=1S/C15H27N3S2/c1-4-5-14(17-15(16)10(2)3)11-8-12-6-7-13(9-11)18(12)20-19/h10,12-13,19H,4-9H2,1-3H3,(H2,16,17). The van der Waals surface area contributed by atoms with E-state index in [9.17, 15) is 0 Å². The van der Waals surface area contributed by atoms with Gasteiger partial charge in [0.1, 0.15) is 5.84 Å². The van der Waals surface area contributed by atoms with Gasteiger partial charge in [0.15, 0.2) is 0 Å². The lowest BCUT2D eigenvalue weighted by atomic mass is 9.95. The summed E-state index contributed by atoms with van der Waals surface area (Å²) in [5, 5.41) is 0. The summed E-state index contributed by atoms with van der Waals surface area (Å²) in [6.45, 7) is 6.43. The van der Waals surface area contributed by atoms with Crippen LogP contribution in [0.1, 0.15) is 59.3 Å². The zero-order chi connectivity index (χ0) is 14.7. The maximum atomic E-state index is 6.08. The monoisotopic (exact) mass is 313 g/mol. The molecule has 2 fully saturated rings. The Kier molecular flexibility index (Phi) is 5.87. The first kappa shape index (κ1) is 16.2. The van der Waals surface area contributed by atoms with Crippen molar-refractivity contribution in [2.24, 2.45) is 16.6 Å². The molecule has 2 heterocycles. The number of hydrogen-bond donors (Lipinski definition) is 2. The summed E-state index contributed by atoms with van der Waals surface area (Å²) in [5.74, 6) is 1.10. The topological polar surface area (TPSA) is 41.6 Å². The lowest BCUT2D eigenvalue weighted by Gasteiger charge is -2.34. The molecule has 0 spiro atoms. The molecule has 2 saturated heterocycles. The van der Waals surface area contributed by atoms with Crippen LogP contribution >= 0.6 is 22.6 Å². The van der Waals surface area contributed by atoms with Crippen molar-refractivity contribution in [3.63, 3.8) is 0 Å². The van der Waals surface area contributed by atoms with Crippen LogP contribution in [0, 0.1) is 5.92 Å². The van der Waals surface area contributed by atoms with Crippen LogP contribution in [-0.4, -0.2) is 22.2 Å². The number of fused-ring (bicyclic) bond motifs is 2. The fourth-order valence-electron chi connectivity index (χ4n) is 3.18. The number of thiol groups is 1. The second-order valence-corrected chi connectivity index (χ2v) is 7.30. The van der Waals surface area contributed by atoms with Gasteiger partial charge in [-0.05, 0) is 48.7 Å². The Morgan fingerprint density at radius 3 is 2.45 bits per heavy atom. The van der Waals surface area contributed by atoms with Gasteiger partial charge in [-0.15, -0.1) is 0 Å². The van der Waals surface area contributed by atoms with Crippen LogP contribution in [0.25, 0.3) is 0 Å². The molecular weight excluding hydrogens is 286 g/mol. The van der Waals surface area contributed by atoms with E-state index in [1.54, 1.807) is 16.6 Å². The molecule has 0 aliphatic carbocycles. The van der Waals surface area contributed by atoms with E-state index in [0.717, 1.165) is 31.5 Å². The molecule has 0 amide bonds. The van der Waals surface area contributed by atoms with Crippen molar-refractivity contribution in [3.05, 3.63) is 11.3 Å². The predicted octanol–water partition coefficient (Wildman–Crippen LogP) is 4.17. The Labute approximate surface area is 132 Å². The number of allylic oxidation sites excluding steroid dienone is 1. The average Bonchev–Trinajstić information content (AvgIpc) is 2.66. The number of amidine groups is 1. The first-order chi connectivity index (χ1) is 9.56. The minimum atomic E-state index is 0.326. The van der Waals surface area contributed by atoms with Crippen molar-refractivity contribution < 1.29 is 0 Å².